The van der Waals surface area contributed by atoms with E-state index in [0.717, 1.165) is 30.9 Å². The molecule has 2 rings (SSSR count). The van der Waals surface area contributed by atoms with E-state index in [1.165, 1.54) is 0 Å². The van der Waals surface area contributed by atoms with Gasteiger partial charge < -0.3 is 14.6 Å². The SMILES string of the molecule is OCC#Cc1cccc(OCC2CCOC2)c1. The van der Waals surface area contributed by atoms with E-state index in [2.05, 4.69) is 11.8 Å². The van der Waals surface area contributed by atoms with E-state index in [9.17, 15) is 0 Å². The highest BCUT2D eigenvalue weighted by Crippen LogP contribution is 2.17. The molecule has 1 aromatic rings. The summed E-state index contributed by atoms with van der Waals surface area (Å²) in [4.78, 5) is 0. The smallest absolute Gasteiger partial charge is 0.120 e. The lowest BCUT2D eigenvalue weighted by Crippen LogP contribution is -2.11. The van der Waals surface area contributed by atoms with Crippen LogP contribution in [0.25, 0.3) is 0 Å². The zero-order chi connectivity index (χ0) is 11.9. The lowest BCUT2D eigenvalue weighted by Gasteiger charge is -2.10. The average molecular weight is 232 g/mol. The van der Waals surface area contributed by atoms with E-state index in [-0.39, 0.29) is 6.61 Å². The lowest BCUT2D eigenvalue weighted by molar-refractivity contribution is 0.167. The minimum atomic E-state index is -0.121. The molecular weight excluding hydrogens is 216 g/mol. The summed E-state index contributed by atoms with van der Waals surface area (Å²) in [5.41, 5.74) is 0.860. The molecular formula is C14H16O3. The molecule has 1 fully saturated rings. The number of benzene rings is 1. The van der Waals surface area contributed by atoms with Gasteiger partial charge in [-0.2, -0.15) is 0 Å². The third-order valence-corrected chi connectivity index (χ3v) is 2.66. The van der Waals surface area contributed by atoms with Crippen molar-refractivity contribution in [3.05, 3.63) is 29.8 Å². The molecule has 0 saturated carbocycles. The highest BCUT2D eigenvalue weighted by molar-refractivity contribution is 5.39. The van der Waals surface area contributed by atoms with Crippen LogP contribution in [0.2, 0.25) is 0 Å². The average Bonchev–Trinajstić information content (AvgIpc) is 2.87. The second kappa shape index (κ2) is 6.29. The number of hydrogen-bond donors (Lipinski definition) is 1. The van der Waals surface area contributed by atoms with Crippen molar-refractivity contribution in [3.8, 4) is 17.6 Å². The maximum absolute atomic E-state index is 8.63. The largest absolute Gasteiger partial charge is 0.493 e. The van der Waals surface area contributed by atoms with Gasteiger partial charge in [0.05, 0.1) is 13.2 Å². The van der Waals surface area contributed by atoms with Crippen molar-refractivity contribution in [1.29, 1.82) is 0 Å². The molecule has 1 aliphatic heterocycles. The molecule has 1 aliphatic rings. The molecule has 0 spiro atoms. The molecule has 1 aromatic carbocycles. The summed E-state index contributed by atoms with van der Waals surface area (Å²) in [6.45, 7) is 2.21. The quantitative estimate of drug-likeness (QED) is 0.802. The molecule has 3 heteroatoms. The maximum Gasteiger partial charge on any atom is 0.120 e. The van der Waals surface area contributed by atoms with Crippen molar-refractivity contribution >= 4 is 0 Å². The van der Waals surface area contributed by atoms with Crippen LogP contribution in [-0.2, 0) is 4.74 Å². The van der Waals surface area contributed by atoms with Crippen molar-refractivity contribution in [3.63, 3.8) is 0 Å². The summed E-state index contributed by atoms with van der Waals surface area (Å²) in [6.07, 6.45) is 1.07. The summed E-state index contributed by atoms with van der Waals surface area (Å²) in [7, 11) is 0. The van der Waals surface area contributed by atoms with Crippen molar-refractivity contribution in [2.75, 3.05) is 26.4 Å². The fourth-order valence-electron chi connectivity index (χ4n) is 1.73. The van der Waals surface area contributed by atoms with Gasteiger partial charge in [-0.25, -0.2) is 0 Å². The van der Waals surface area contributed by atoms with Crippen LogP contribution in [0.3, 0.4) is 0 Å². The predicted octanol–water partition coefficient (Wildman–Crippen LogP) is 1.45. The van der Waals surface area contributed by atoms with Crippen LogP contribution >= 0.6 is 0 Å². The van der Waals surface area contributed by atoms with Crippen LogP contribution in [0.1, 0.15) is 12.0 Å². The van der Waals surface area contributed by atoms with Crippen LogP contribution in [0, 0.1) is 17.8 Å². The maximum atomic E-state index is 8.63. The van der Waals surface area contributed by atoms with Gasteiger partial charge in [0.1, 0.15) is 12.4 Å². The standard InChI is InChI=1S/C14H16O3/c15-7-2-4-12-3-1-5-14(9-12)17-11-13-6-8-16-10-13/h1,3,5,9,13,15H,6-8,10-11H2. The molecule has 0 amide bonds. The van der Waals surface area contributed by atoms with E-state index in [1.54, 1.807) is 0 Å². The molecule has 0 aromatic heterocycles. The highest BCUT2D eigenvalue weighted by Gasteiger charge is 2.15. The molecule has 1 atom stereocenters. The van der Waals surface area contributed by atoms with Crippen molar-refractivity contribution in [2.45, 2.75) is 6.42 Å². The third kappa shape index (κ3) is 3.77. The number of aliphatic hydroxyl groups is 1. The molecule has 0 aliphatic carbocycles. The summed E-state index contributed by atoms with van der Waals surface area (Å²) >= 11 is 0. The van der Waals surface area contributed by atoms with Crippen LogP contribution in [0.15, 0.2) is 24.3 Å². The number of aliphatic hydroxyl groups excluding tert-OH is 1. The first-order valence-electron chi connectivity index (χ1n) is 5.79. The summed E-state index contributed by atoms with van der Waals surface area (Å²) in [5, 5.41) is 8.63. The van der Waals surface area contributed by atoms with Gasteiger partial charge in [0.25, 0.3) is 0 Å². The van der Waals surface area contributed by atoms with E-state index in [0.29, 0.717) is 12.5 Å². The Balaban J connectivity index is 1.91. The van der Waals surface area contributed by atoms with Gasteiger partial charge >= 0.3 is 0 Å². The molecule has 90 valence electrons. The van der Waals surface area contributed by atoms with Gasteiger partial charge in [0.2, 0.25) is 0 Å². The molecule has 17 heavy (non-hydrogen) atoms. The van der Waals surface area contributed by atoms with Gasteiger partial charge in [-0.1, -0.05) is 17.9 Å². The van der Waals surface area contributed by atoms with E-state index >= 15 is 0 Å². The van der Waals surface area contributed by atoms with E-state index in [1.807, 2.05) is 24.3 Å². The van der Waals surface area contributed by atoms with Gasteiger partial charge in [0.15, 0.2) is 0 Å². The highest BCUT2D eigenvalue weighted by atomic mass is 16.5. The van der Waals surface area contributed by atoms with Crippen molar-refractivity contribution < 1.29 is 14.6 Å². The lowest BCUT2D eigenvalue weighted by atomic mass is 10.1. The monoisotopic (exact) mass is 232 g/mol. The third-order valence-electron chi connectivity index (χ3n) is 2.66. The Bertz CT molecular complexity index is 411. The Morgan fingerprint density at radius 2 is 2.41 bits per heavy atom. The second-order valence-corrected chi connectivity index (χ2v) is 4.03. The summed E-state index contributed by atoms with van der Waals surface area (Å²) in [6, 6.07) is 7.61. The van der Waals surface area contributed by atoms with Gasteiger partial charge in [-0.15, -0.1) is 0 Å². The minimum absolute atomic E-state index is 0.121. The van der Waals surface area contributed by atoms with E-state index in [4.69, 9.17) is 14.6 Å². The van der Waals surface area contributed by atoms with Crippen molar-refractivity contribution in [1.82, 2.24) is 0 Å². The van der Waals surface area contributed by atoms with E-state index < -0.39 is 0 Å². The summed E-state index contributed by atoms with van der Waals surface area (Å²) < 4.78 is 11.0. The fourth-order valence-corrected chi connectivity index (χ4v) is 1.73. The Labute approximate surface area is 101 Å². The molecule has 0 bridgehead atoms. The first-order chi connectivity index (χ1) is 8.38. The molecule has 3 nitrogen and oxygen atoms in total. The Kier molecular flexibility index (Phi) is 4.43. The van der Waals surface area contributed by atoms with Crippen LogP contribution in [-0.4, -0.2) is 31.5 Å². The number of rotatable bonds is 3. The normalized spacial score (nSPS) is 18.5. The number of hydrogen-bond acceptors (Lipinski definition) is 3. The zero-order valence-corrected chi connectivity index (χ0v) is 9.69. The number of ether oxygens (including phenoxy) is 2. The van der Waals surface area contributed by atoms with Crippen molar-refractivity contribution in [2.24, 2.45) is 5.92 Å². The second-order valence-electron chi connectivity index (χ2n) is 4.03. The van der Waals surface area contributed by atoms with Gasteiger partial charge in [-0.05, 0) is 24.6 Å². The summed E-state index contributed by atoms with van der Waals surface area (Å²) in [5.74, 6) is 6.80. The predicted molar refractivity (Wildman–Crippen MR) is 64.8 cm³/mol. The topological polar surface area (TPSA) is 38.7 Å². The van der Waals surface area contributed by atoms with Crippen LogP contribution in [0.4, 0.5) is 0 Å². The van der Waals surface area contributed by atoms with Gasteiger partial charge in [0, 0.05) is 18.1 Å². The fraction of sp³-hybridized carbons (Fsp3) is 0.429. The minimum Gasteiger partial charge on any atom is -0.493 e. The molecule has 1 heterocycles. The molecule has 1 saturated heterocycles. The molecule has 1 N–H and O–H groups in total. The zero-order valence-electron chi connectivity index (χ0n) is 9.69. The van der Waals surface area contributed by atoms with Gasteiger partial charge in [-0.3, -0.25) is 0 Å². The molecule has 0 radical (unpaired) electrons. The van der Waals surface area contributed by atoms with Crippen LogP contribution < -0.4 is 4.74 Å². The first kappa shape index (κ1) is 12.0. The first-order valence-corrected chi connectivity index (χ1v) is 5.79. The Morgan fingerprint density at radius 1 is 1.47 bits per heavy atom. The van der Waals surface area contributed by atoms with Crippen LogP contribution in [0.5, 0.6) is 5.75 Å². The Morgan fingerprint density at radius 3 is 3.18 bits per heavy atom. The molecule has 1 unspecified atom stereocenters. The Hall–Kier alpha value is -1.50.